The Morgan fingerprint density at radius 2 is 1.83 bits per heavy atom. The summed E-state index contributed by atoms with van der Waals surface area (Å²) in [6.07, 6.45) is 3.48. The van der Waals surface area contributed by atoms with Crippen molar-refractivity contribution < 1.29 is 9.18 Å². The van der Waals surface area contributed by atoms with Crippen molar-refractivity contribution in [1.29, 1.82) is 0 Å². The predicted octanol–water partition coefficient (Wildman–Crippen LogP) is 3.65. The summed E-state index contributed by atoms with van der Waals surface area (Å²) in [7, 11) is 0. The minimum absolute atomic E-state index is 0.0273. The summed E-state index contributed by atoms with van der Waals surface area (Å²) in [5.41, 5.74) is 8.01. The number of halogens is 1. The van der Waals surface area contributed by atoms with Crippen LogP contribution in [0.1, 0.15) is 29.6 Å². The summed E-state index contributed by atoms with van der Waals surface area (Å²) in [6.45, 7) is 1.90. The van der Waals surface area contributed by atoms with Crippen molar-refractivity contribution in [3.63, 3.8) is 0 Å². The topological polar surface area (TPSA) is 58.4 Å². The summed E-state index contributed by atoms with van der Waals surface area (Å²) in [5.74, 6) is -1.000. The van der Waals surface area contributed by atoms with Crippen LogP contribution in [0.25, 0.3) is 0 Å². The van der Waals surface area contributed by atoms with Crippen LogP contribution >= 0.6 is 0 Å². The molecule has 3 N–H and O–H groups in total. The summed E-state index contributed by atoms with van der Waals surface area (Å²) in [4.78, 5) is 14.6. The molecule has 0 unspecified atom stereocenters. The number of amides is 1. The van der Waals surface area contributed by atoms with Crippen LogP contribution in [-0.4, -0.2) is 19.0 Å². The van der Waals surface area contributed by atoms with Crippen LogP contribution in [0.3, 0.4) is 0 Å². The van der Waals surface area contributed by atoms with Crippen LogP contribution < -0.4 is 16.0 Å². The van der Waals surface area contributed by atoms with Gasteiger partial charge in [-0.2, -0.15) is 0 Å². The van der Waals surface area contributed by atoms with Crippen LogP contribution in [0, 0.1) is 5.82 Å². The van der Waals surface area contributed by atoms with Gasteiger partial charge in [0.05, 0.1) is 16.9 Å². The van der Waals surface area contributed by atoms with Crippen molar-refractivity contribution in [2.75, 3.05) is 29.0 Å². The van der Waals surface area contributed by atoms with E-state index in [1.165, 1.54) is 18.6 Å². The zero-order valence-electron chi connectivity index (χ0n) is 12.9. The maximum absolute atomic E-state index is 13.8. The van der Waals surface area contributed by atoms with E-state index in [4.69, 9.17) is 5.73 Å². The molecule has 1 aliphatic heterocycles. The van der Waals surface area contributed by atoms with E-state index < -0.39 is 11.7 Å². The van der Waals surface area contributed by atoms with Crippen LogP contribution in [0.2, 0.25) is 0 Å². The standard InChI is InChI=1S/C18H20FN3O/c19-15-7-3-2-6-14(15)18(23)21-16-12-13(20)8-9-17(16)22-10-4-1-5-11-22/h2-3,6-9,12H,1,4-5,10-11,20H2,(H,21,23). The number of piperidine rings is 1. The molecule has 0 radical (unpaired) electrons. The minimum Gasteiger partial charge on any atom is -0.399 e. The number of benzene rings is 2. The van der Waals surface area contributed by atoms with Crippen LogP contribution in [0.15, 0.2) is 42.5 Å². The summed E-state index contributed by atoms with van der Waals surface area (Å²) in [6, 6.07) is 11.4. The van der Waals surface area contributed by atoms with Crippen molar-refractivity contribution in [2.45, 2.75) is 19.3 Å². The van der Waals surface area contributed by atoms with E-state index in [0.29, 0.717) is 11.4 Å². The molecular weight excluding hydrogens is 293 g/mol. The molecule has 0 saturated carbocycles. The molecule has 5 heteroatoms. The van der Waals surface area contributed by atoms with Gasteiger partial charge < -0.3 is 16.0 Å². The van der Waals surface area contributed by atoms with E-state index in [0.717, 1.165) is 31.6 Å². The Morgan fingerprint density at radius 3 is 2.57 bits per heavy atom. The van der Waals surface area contributed by atoms with E-state index in [2.05, 4.69) is 10.2 Å². The van der Waals surface area contributed by atoms with Gasteiger partial charge in [-0.3, -0.25) is 4.79 Å². The Labute approximate surface area is 135 Å². The molecule has 0 aliphatic carbocycles. The third kappa shape index (κ3) is 3.44. The Balaban J connectivity index is 1.88. The van der Waals surface area contributed by atoms with Gasteiger partial charge in [-0.25, -0.2) is 4.39 Å². The number of nitrogens with one attached hydrogen (secondary N) is 1. The molecule has 1 saturated heterocycles. The first-order valence-electron chi connectivity index (χ1n) is 7.85. The molecule has 23 heavy (non-hydrogen) atoms. The molecule has 1 fully saturated rings. The van der Waals surface area contributed by atoms with Gasteiger partial charge in [-0.15, -0.1) is 0 Å². The van der Waals surface area contributed by atoms with Gasteiger partial charge in [0.25, 0.3) is 5.91 Å². The molecule has 0 spiro atoms. The average molecular weight is 313 g/mol. The fourth-order valence-corrected chi connectivity index (χ4v) is 2.90. The number of rotatable bonds is 3. The minimum atomic E-state index is -0.534. The maximum atomic E-state index is 13.8. The first-order valence-corrected chi connectivity index (χ1v) is 7.85. The zero-order valence-corrected chi connectivity index (χ0v) is 12.9. The van der Waals surface area contributed by atoms with Gasteiger partial charge >= 0.3 is 0 Å². The second-order valence-corrected chi connectivity index (χ2v) is 5.76. The number of nitrogens with two attached hydrogens (primary N) is 1. The van der Waals surface area contributed by atoms with Crippen molar-refractivity contribution >= 4 is 23.0 Å². The summed E-state index contributed by atoms with van der Waals surface area (Å²) in [5, 5.41) is 2.81. The molecular formula is C18H20FN3O. The number of nitrogen functional groups attached to an aromatic ring is 1. The molecule has 1 aliphatic rings. The lowest BCUT2D eigenvalue weighted by atomic mass is 10.1. The van der Waals surface area contributed by atoms with Gasteiger partial charge in [0, 0.05) is 18.8 Å². The lowest BCUT2D eigenvalue weighted by Gasteiger charge is -2.30. The predicted molar refractivity (Wildman–Crippen MR) is 91.3 cm³/mol. The first kappa shape index (κ1) is 15.3. The quantitative estimate of drug-likeness (QED) is 0.850. The zero-order chi connectivity index (χ0) is 16.2. The van der Waals surface area contributed by atoms with E-state index in [9.17, 15) is 9.18 Å². The largest absolute Gasteiger partial charge is 0.399 e. The normalized spacial score (nSPS) is 14.6. The number of carbonyl (C=O) groups is 1. The lowest BCUT2D eigenvalue weighted by Crippen LogP contribution is -2.30. The second kappa shape index (κ2) is 6.69. The number of hydrogen-bond donors (Lipinski definition) is 2. The second-order valence-electron chi connectivity index (χ2n) is 5.76. The molecule has 120 valence electrons. The molecule has 4 nitrogen and oxygen atoms in total. The SMILES string of the molecule is Nc1ccc(N2CCCCC2)c(NC(=O)c2ccccc2F)c1. The monoisotopic (exact) mass is 313 g/mol. The fourth-order valence-electron chi connectivity index (χ4n) is 2.90. The Morgan fingerprint density at radius 1 is 1.09 bits per heavy atom. The Hall–Kier alpha value is -2.56. The molecule has 2 aromatic rings. The molecule has 3 rings (SSSR count). The maximum Gasteiger partial charge on any atom is 0.258 e. The average Bonchev–Trinajstić information content (AvgIpc) is 2.56. The summed E-state index contributed by atoms with van der Waals surface area (Å²) < 4.78 is 13.8. The molecule has 0 aromatic heterocycles. The van der Waals surface area contributed by atoms with E-state index in [1.807, 2.05) is 12.1 Å². The van der Waals surface area contributed by atoms with E-state index >= 15 is 0 Å². The molecule has 1 heterocycles. The number of nitrogens with zero attached hydrogens (tertiary/aromatic N) is 1. The number of anilines is 3. The fraction of sp³-hybridized carbons (Fsp3) is 0.278. The lowest BCUT2D eigenvalue weighted by molar-refractivity contribution is 0.102. The van der Waals surface area contributed by atoms with Gasteiger partial charge in [-0.05, 0) is 49.6 Å². The highest BCUT2D eigenvalue weighted by molar-refractivity contribution is 6.06. The van der Waals surface area contributed by atoms with E-state index in [-0.39, 0.29) is 5.56 Å². The van der Waals surface area contributed by atoms with Crippen molar-refractivity contribution in [3.05, 3.63) is 53.8 Å². The molecule has 1 amide bonds. The van der Waals surface area contributed by atoms with Gasteiger partial charge in [0.2, 0.25) is 0 Å². The van der Waals surface area contributed by atoms with Crippen molar-refractivity contribution in [3.8, 4) is 0 Å². The van der Waals surface area contributed by atoms with Gasteiger partial charge in [-0.1, -0.05) is 12.1 Å². The third-order valence-electron chi connectivity index (χ3n) is 4.08. The van der Waals surface area contributed by atoms with Crippen LogP contribution in [0.4, 0.5) is 21.5 Å². The Kier molecular flexibility index (Phi) is 4.46. The summed E-state index contributed by atoms with van der Waals surface area (Å²) >= 11 is 0. The molecule has 0 bridgehead atoms. The highest BCUT2D eigenvalue weighted by atomic mass is 19.1. The smallest absolute Gasteiger partial charge is 0.258 e. The van der Waals surface area contributed by atoms with Crippen molar-refractivity contribution in [1.82, 2.24) is 0 Å². The van der Waals surface area contributed by atoms with Gasteiger partial charge in [0.1, 0.15) is 5.82 Å². The highest BCUT2D eigenvalue weighted by Crippen LogP contribution is 2.31. The highest BCUT2D eigenvalue weighted by Gasteiger charge is 2.18. The van der Waals surface area contributed by atoms with Crippen molar-refractivity contribution in [2.24, 2.45) is 0 Å². The number of hydrogen-bond acceptors (Lipinski definition) is 3. The van der Waals surface area contributed by atoms with Gasteiger partial charge in [0.15, 0.2) is 0 Å². The van der Waals surface area contributed by atoms with Crippen LogP contribution in [-0.2, 0) is 0 Å². The Bertz CT molecular complexity index is 711. The first-order chi connectivity index (χ1) is 11.1. The van der Waals surface area contributed by atoms with Crippen LogP contribution in [0.5, 0.6) is 0 Å². The molecule has 0 atom stereocenters. The third-order valence-corrected chi connectivity index (χ3v) is 4.08. The van der Waals surface area contributed by atoms with E-state index in [1.54, 1.807) is 18.2 Å². The number of carbonyl (C=O) groups excluding carboxylic acids is 1. The molecule has 2 aromatic carbocycles.